The smallest absolute Gasteiger partial charge is 0.419 e. The van der Waals surface area contributed by atoms with Crippen molar-refractivity contribution in [3.05, 3.63) is 64.7 Å². The minimum absolute atomic E-state index is 0.0836. The number of benzene rings is 2. The van der Waals surface area contributed by atoms with Crippen molar-refractivity contribution in [3.63, 3.8) is 0 Å². The molecule has 0 spiro atoms. The summed E-state index contributed by atoms with van der Waals surface area (Å²) in [6, 6.07) is 11.8. The van der Waals surface area contributed by atoms with Crippen LogP contribution >= 0.6 is 7.82 Å². The highest BCUT2D eigenvalue weighted by Gasteiger charge is 2.35. The molecule has 2 aromatic rings. The summed E-state index contributed by atoms with van der Waals surface area (Å²) < 4.78 is 98.0. The van der Waals surface area contributed by atoms with Gasteiger partial charge in [0.2, 0.25) is 0 Å². The Morgan fingerprint density at radius 1 is 0.727 bits per heavy atom. The molecule has 0 amide bonds. The van der Waals surface area contributed by atoms with Crippen molar-refractivity contribution in [1.82, 2.24) is 0 Å². The highest BCUT2D eigenvalue weighted by molar-refractivity contribution is 7.43. The first kappa shape index (κ1) is 38.1. The molecule has 2 N–H and O–H groups in total. The number of halogens is 6. The molecule has 2 rings (SSSR count). The minimum Gasteiger partial charge on any atom is -0.790 e. The minimum atomic E-state index is -5.21. The fourth-order valence-electron chi connectivity index (χ4n) is 4.68. The topological polar surface area (TPSA) is 108 Å². The second-order valence-corrected chi connectivity index (χ2v) is 12.7. The zero-order valence-electron chi connectivity index (χ0n) is 25.0. The van der Waals surface area contributed by atoms with Crippen LogP contribution in [0.5, 0.6) is 5.75 Å². The van der Waals surface area contributed by atoms with Gasteiger partial charge < -0.3 is 29.3 Å². The number of rotatable bonds is 20. The van der Waals surface area contributed by atoms with Crippen LogP contribution in [0.25, 0.3) is 0 Å². The van der Waals surface area contributed by atoms with Crippen molar-refractivity contribution >= 4 is 7.82 Å². The number of hydrogen-bond donors (Lipinski definition) is 1. The number of alkyl halides is 6. The summed E-state index contributed by atoms with van der Waals surface area (Å²) in [5.41, 5.74) is 6.33. The van der Waals surface area contributed by atoms with E-state index in [0.717, 1.165) is 50.2 Å². The van der Waals surface area contributed by atoms with Crippen LogP contribution in [0.3, 0.4) is 0 Å². The summed E-state index contributed by atoms with van der Waals surface area (Å²) in [7, 11) is -5.21. The molecule has 0 saturated carbocycles. The Balaban J connectivity index is 1.73. The molecule has 0 bridgehead atoms. The van der Waals surface area contributed by atoms with Crippen LogP contribution < -0.4 is 20.3 Å². The quantitative estimate of drug-likeness (QED) is 0.0905. The lowest BCUT2D eigenvalue weighted by Gasteiger charge is -2.33. The fourth-order valence-corrected chi connectivity index (χ4v) is 5.13. The molecular formula is C31H42F6NO5P-2. The average molecular weight is 654 g/mol. The van der Waals surface area contributed by atoms with Crippen LogP contribution in [-0.2, 0) is 34.5 Å². The van der Waals surface area contributed by atoms with Gasteiger partial charge in [0.25, 0.3) is 0 Å². The Bertz CT molecular complexity index is 1170. The van der Waals surface area contributed by atoms with E-state index in [1.165, 1.54) is 24.6 Å². The summed E-state index contributed by atoms with van der Waals surface area (Å²) in [4.78, 5) is 21.4. The van der Waals surface area contributed by atoms with Crippen LogP contribution in [0.15, 0.2) is 42.5 Å². The first-order chi connectivity index (χ1) is 20.4. The van der Waals surface area contributed by atoms with Crippen LogP contribution in [0.4, 0.5) is 26.3 Å². The van der Waals surface area contributed by atoms with Crippen molar-refractivity contribution in [2.45, 2.75) is 108 Å². The Hall–Kier alpha value is -2.11. The van der Waals surface area contributed by atoms with E-state index >= 15 is 0 Å². The van der Waals surface area contributed by atoms with Crippen LogP contribution in [-0.4, -0.2) is 24.9 Å². The Labute approximate surface area is 255 Å². The third-order valence-corrected chi connectivity index (χ3v) is 7.65. The Kier molecular flexibility index (Phi) is 15.2. The van der Waals surface area contributed by atoms with E-state index in [1.54, 1.807) is 0 Å². The fraction of sp³-hybridized carbons (Fsp3) is 0.613. The van der Waals surface area contributed by atoms with Crippen molar-refractivity contribution in [2.24, 2.45) is 5.73 Å². The third kappa shape index (κ3) is 16.8. The Morgan fingerprint density at radius 3 is 1.80 bits per heavy atom. The summed E-state index contributed by atoms with van der Waals surface area (Å²) in [6.07, 6.45) is -1.58. The molecule has 0 aromatic heterocycles. The largest absolute Gasteiger partial charge is 0.790 e. The van der Waals surface area contributed by atoms with Gasteiger partial charge in [0.05, 0.1) is 26.6 Å². The molecule has 0 aliphatic rings. The predicted octanol–water partition coefficient (Wildman–Crippen LogP) is 7.44. The van der Waals surface area contributed by atoms with Crippen molar-refractivity contribution in [1.29, 1.82) is 0 Å². The summed E-state index contributed by atoms with van der Waals surface area (Å²) >= 11 is 0. The highest BCUT2D eigenvalue weighted by Crippen LogP contribution is 2.37. The molecule has 0 radical (unpaired) electrons. The van der Waals surface area contributed by atoms with E-state index in [4.69, 9.17) is 10.5 Å². The maximum absolute atomic E-state index is 13.7. The van der Waals surface area contributed by atoms with Crippen LogP contribution in [0.1, 0.15) is 93.4 Å². The van der Waals surface area contributed by atoms with E-state index in [-0.39, 0.29) is 31.6 Å². The van der Waals surface area contributed by atoms with Gasteiger partial charge in [0.15, 0.2) is 0 Å². The van der Waals surface area contributed by atoms with Crippen molar-refractivity contribution in [2.75, 3.05) is 13.2 Å². The second kappa shape index (κ2) is 17.5. The number of ether oxygens (including phenoxy) is 1. The zero-order valence-corrected chi connectivity index (χ0v) is 25.9. The predicted molar refractivity (Wildman–Crippen MR) is 153 cm³/mol. The SMILES string of the molecule is CC(N)(CCc1ccc(OCCCc2ccc(CCCCCCCCCC(F)(F)F)cc2)c(C(F)(F)F)c1)COP(=O)([O-])[O-]. The van der Waals surface area contributed by atoms with Gasteiger partial charge >= 0.3 is 12.4 Å². The van der Waals surface area contributed by atoms with Gasteiger partial charge in [-0.1, -0.05) is 62.4 Å². The van der Waals surface area contributed by atoms with Gasteiger partial charge in [-0.25, -0.2) is 0 Å². The summed E-state index contributed by atoms with van der Waals surface area (Å²) in [5.74, 6) is -0.282. The molecule has 250 valence electrons. The number of aryl methyl sites for hydroxylation is 3. The van der Waals surface area contributed by atoms with Gasteiger partial charge in [0, 0.05) is 12.0 Å². The molecule has 0 fully saturated rings. The zero-order chi connectivity index (χ0) is 32.9. The number of phosphoric ester groups is 1. The molecule has 2 aromatic carbocycles. The lowest BCUT2D eigenvalue weighted by atomic mass is 9.94. The maximum atomic E-state index is 13.7. The van der Waals surface area contributed by atoms with E-state index < -0.39 is 44.3 Å². The second-order valence-electron chi connectivity index (χ2n) is 11.6. The Morgan fingerprint density at radius 2 is 1.25 bits per heavy atom. The molecule has 1 unspecified atom stereocenters. The third-order valence-electron chi connectivity index (χ3n) is 7.20. The summed E-state index contributed by atoms with van der Waals surface area (Å²) in [5, 5.41) is 0. The molecule has 0 aliphatic heterocycles. The lowest BCUT2D eigenvalue weighted by Crippen LogP contribution is -2.42. The molecule has 13 heteroatoms. The first-order valence-corrected chi connectivity index (χ1v) is 16.3. The summed E-state index contributed by atoms with van der Waals surface area (Å²) in [6.45, 7) is 0.956. The van der Waals surface area contributed by atoms with Crippen molar-refractivity contribution in [3.8, 4) is 5.75 Å². The maximum Gasteiger partial charge on any atom is 0.419 e. The number of nitrogens with two attached hydrogens (primary N) is 1. The molecule has 6 nitrogen and oxygen atoms in total. The van der Waals surface area contributed by atoms with Crippen LogP contribution in [0, 0.1) is 0 Å². The van der Waals surface area contributed by atoms with Gasteiger partial charge in [0.1, 0.15) is 5.75 Å². The number of phosphoric acid groups is 1. The number of unbranched alkanes of at least 4 members (excludes halogenated alkanes) is 6. The highest BCUT2D eigenvalue weighted by atomic mass is 31.2. The van der Waals surface area contributed by atoms with Crippen molar-refractivity contribution < 1.29 is 50.0 Å². The van der Waals surface area contributed by atoms with Gasteiger partial charge in [-0.3, -0.25) is 0 Å². The van der Waals surface area contributed by atoms with E-state index in [9.17, 15) is 40.7 Å². The van der Waals surface area contributed by atoms with Gasteiger partial charge in [-0.2, -0.15) is 26.3 Å². The van der Waals surface area contributed by atoms with Gasteiger partial charge in [-0.05, 0) is 80.7 Å². The van der Waals surface area contributed by atoms with E-state index in [2.05, 4.69) is 4.52 Å². The normalized spacial score (nSPS) is 14.0. The molecule has 0 aliphatic carbocycles. The molecule has 0 saturated heterocycles. The molecule has 1 atom stereocenters. The first-order valence-electron chi connectivity index (χ1n) is 14.9. The monoisotopic (exact) mass is 653 g/mol. The van der Waals surface area contributed by atoms with Crippen LogP contribution in [0.2, 0.25) is 0 Å². The lowest BCUT2D eigenvalue weighted by molar-refractivity contribution is -0.342. The molecule has 44 heavy (non-hydrogen) atoms. The number of hydrogen-bond acceptors (Lipinski definition) is 6. The standard InChI is InChI=1S/C31H44F6NO5P/c1-29(38,23-43-44(39,40)41)20-18-26-16-17-28(27(22-26)31(35,36)37)42-21-9-11-25-14-12-24(13-15-25)10-7-5-3-2-4-6-8-19-30(32,33)34/h12-17,22H,2-11,18-21,23,38H2,1H3,(H2,39,40,41)/p-2. The molecule has 0 heterocycles. The average Bonchev–Trinajstić information content (AvgIpc) is 2.92. The van der Waals surface area contributed by atoms with E-state index in [1.807, 2.05) is 24.3 Å². The van der Waals surface area contributed by atoms with E-state index in [0.29, 0.717) is 24.8 Å². The molecular weight excluding hydrogens is 611 g/mol. The van der Waals surface area contributed by atoms with Gasteiger partial charge in [-0.15, -0.1) is 0 Å².